The SMILES string of the molecule is Cc1ccc(N(S(=O)O)C2(C(=O)NC3C4CC5CC3CC(C(N)=O)(C5)C4)CCCCC2)cc1F. The van der Waals surface area contributed by atoms with Crippen molar-refractivity contribution in [2.24, 2.45) is 28.9 Å². The van der Waals surface area contributed by atoms with Crippen LogP contribution in [0.3, 0.4) is 0 Å². The average Bonchev–Trinajstić information content (AvgIpc) is 2.78. The predicted molar refractivity (Wildman–Crippen MR) is 127 cm³/mol. The molecule has 5 aliphatic rings. The number of hydrogen-bond acceptors (Lipinski definition) is 3. The number of carbonyl (C=O) groups is 2. The number of nitrogens with zero attached hydrogens (tertiary/aromatic N) is 1. The van der Waals surface area contributed by atoms with Crippen LogP contribution in [0.5, 0.6) is 0 Å². The number of rotatable bonds is 6. The molecule has 5 aliphatic carbocycles. The van der Waals surface area contributed by atoms with Crippen LogP contribution in [0.2, 0.25) is 0 Å². The number of benzene rings is 1. The Bertz CT molecular complexity index is 1010. The quantitative estimate of drug-likeness (QED) is 0.528. The molecule has 2 amide bonds. The Morgan fingerprint density at radius 2 is 1.79 bits per heavy atom. The molecule has 1 aromatic rings. The van der Waals surface area contributed by atoms with Crippen LogP contribution in [-0.2, 0) is 20.9 Å². The smallest absolute Gasteiger partial charge is 0.262 e. The highest BCUT2D eigenvalue weighted by molar-refractivity contribution is 7.80. The van der Waals surface area contributed by atoms with Gasteiger partial charge < -0.3 is 11.1 Å². The lowest BCUT2D eigenvalue weighted by atomic mass is 9.47. The Kier molecular flexibility index (Phi) is 5.99. The third-order valence-corrected chi connectivity index (χ3v) is 10.0. The van der Waals surface area contributed by atoms with E-state index in [9.17, 15) is 22.7 Å². The first-order valence-corrected chi connectivity index (χ1v) is 13.5. The van der Waals surface area contributed by atoms with E-state index in [0.717, 1.165) is 38.5 Å². The monoisotopic (exact) mass is 491 g/mol. The van der Waals surface area contributed by atoms with E-state index in [2.05, 4.69) is 5.32 Å². The lowest BCUT2D eigenvalue weighted by molar-refractivity contribution is -0.148. The van der Waals surface area contributed by atoms with Crippen molar-refractivity contribution < 1.29 is 22.7 Å². The topological polar surface area (TPSA) is 113 Å². The molecule has 1 aromatic carbocycles. The van der Waals surface area contributed by atoms with Gasteiger partial charge in [0, 0.05) is 11.5 Å². The van der Waals surface area contributed by atoms with Crippen LogP contribution in [0.15, 0.2) is 18.2 Å². The maximum atomic E-state index is 14.4. The lowest BCUT2D eigenvalue weighted by Gasteiger charge is -2.59. The van der Waals surface area contributed by atoms with Gasteiger partial charge in [-0.3, -0.25) is 18.4 Å². The fourth-order valence-electron chi connectivity index (χ4n) is 7.70. The van der Waals surface area contributed by atoms with Crippen LogP contribution in [0, 0.1) is 35.9 Å². The Hall–Kier alpha value is -2.00. The van der Waals surface area contributed by atoms with Gasteiger partial charge in [-0.15, -0.1) is 0 Å². The number of hydrogen-bond donors (Lipinski definition) is 3. The van der Waals surface area contributed by atoms with Gasteiger partial charge in [0.1, 0.15) is 11.4 Å². The fraction of sp³-hybridized carbons (Fsp3) is 0.680. The molecule has 0 saturated heterocycles. The summed E-state index contributed by atoms with van der Waals surface area (Å²) in [5, 5.41) is 3.29. The molecule has 9 heteroatoms. The first-order chi connectivity index (χ1) is 16.1. The van der Waals surface area contributed by atoms with Crippen molar-refractivity contribution >= 4 is 28.8 Å². The molecular weight excluding hydrogens is 457 g/mol. The van der Waals surface area contributed by atoms with E-state index in [4.69, 9.17) is 5.73 Å². The summed E-state index contributed by atoms with van der Waals surface area (Å²) in [4.78, 5) is 26.3. The Balaban J connectivity index is 1.45. The van der Waals surface area contributed by atoms with Gasteiger partial charge in [0.15, 0.2) is 0 Å². The van der Waals surface area contributed by atoms with E-state index in [0.29, 0.717) is 37.2 Å². The van der Waals surface area contributed by atoms with Gasteiger partial charge in [-0.2, -0.15) is 0 Å². The van der Waals surface area contributed by atoms with E-state index in [-0.39, 0.29) is 35.4 Å². The van der Waals surface area contributed by atoms with Crippen LogP contribution in [-0.4, -0.2) is 32.2 Å². The van der Waals surface area contributed by atoms with E-state index in [1.807, 2.05) is 0 Å². The van der Waals surface area contributed by atoms with Crippen LogP contribution >= 0.6 is 0 Å². The second kappa shape index (κ2) is 8.59. The molecule has 4 bridgehead atoms. The molecule has 3 unspecified atom stereocenters. The van der Waals surface area contributed by atoms with E-state index in [1.165, 1.54) is 10.4 Å². The maximum absolute atomic E-state index is 14.4. The van der Waals surface area contributed by atoms with Crippen molar-refractivity contribution in [2.45, 2.75) is 82.7 Å². The Morgan fingerprint density at radius 3 is 2.35 bits per heavy atom. The van der Waals surface area contributed by atoms with Crippen LogP contribution in [0.1, 0.15) is 69.8 Å². The second-order valence-corrected chi connectivity index (χ2v) is 12.0. The predicted octanol–water partition coefficient (Wildman–Crippen LogP) is 3.58. The summed E-state index contributed by atoms with van der Waals surface area (Å²) in [6.07, 6.45) is 7.51. The van der Waals surface area contributed by atoms with Gasteiger partial charge >= 0.3 is 0 Å². The number of primary amides is 1. The zero-order valence-electron chi connectivity index (χ0n) is 19.6. The molecule has 0 aliphatic heterocycles. The molecule has 7 nitrogen and oxygen atoms in total. The van der Waals surface area contributed by atoms with Crippen LogP contribution in [0.25, 0.3) is 0 Å². The highest BCUT2D eigenvalue weighted by Crippen LogP contribution is 2.60. The maximum Gasteiger partial charge on any atom is 0.262 e. The van der Waals surface area contributed by atoms with Crippen LogP contribution in [0.4, 0.5) is 10.1 Å². The van der Waals surface area contributed by atoms with E-state index in [1.54, 1.807) is 19.1 Å². The Labute approximate surface area is 202 Å². The number of amides is 2. The zero-order chi connectivity index (χ0) is 24.3. The standard InChI is InChI=1S/C25H34FN3O4S/c1-15-5-6-19(11-20(15)26)29(34(32)33)25(7-3-2-4-8-25)23(31)28-21-17-9-16-10-18(21)14-24(12-16,13-17)22(27)30/h5-6,11,16-18,21H,2-4,7-10,12-14H2,1H3,(H2,27,30)(H,28,31)(H,32,33). The highest BCUT2D eigenvalue weighted by Gasteiger charge is 2.59. The van der Waals surface area contributed by atoms with Gasteiger partial charge in [-0.1, -0.05) is 25.3 Å². The molecule has 5 fully saturated rings. The summed E-state index contributed by atoms with van der Waals surface area (Å²) >= 11 is -2.51. The first-order valence-electron chi connectivity index (χ1n) is 12.4. The van der Waals surface area contributed by atoms with Crippen molar-refractivity contribution in [1.29, 1.82) is 0 Å². The van der Waals surface area contributed by atoms with E-state index >= 15 is 0 Å². The minimum Gasteiger partial charge on any atom is -0.369 e. The first kappa shape index (κ1) is 23.7. The highest BCUT2D eigenvalue weighted by atomic mass is 32.2. The summed E-state index contributed by atoms with van der Waals surface area (Å²) in [6.45, 7) is 1.63. The number of aryl methyl sites for hydroxylation is 1. The zero-order valence-corrected chi connectivity index (χ0v) is 20.4. The molecule has 0 heterocycles. The number of nitrogens with two attached hydrogens (primary N) is 1. The van der Waals surface area contributed by atoms with Gasteiger partial charge in [0.25, 0.3) is 11.3 Å². The molecule has 0 aromatic heterocycles. The number of anilines is 1. The summed E-state index contributed by atoms with van der Waals surface area (Å²) in [7, 11) is 0. The summed E-state index contributed by atoms with van der Waals surface area (Å²) < 4.78 is 38.6. The third-order valence-electron chi connectivity index (χ3n) is 9.13. The third kappa shape index (κ3) is 3.75. The molecule has 6 rings (SSSR count). The summed E-state index contributed by atoms with van der Waals surface area (Å²) in [5.41, 5.74) is 4.81. The largest absolute Gasteiger partial charge is 0.369 e. The van der Waals surface area contributed by atoms with Gasteiger partial charge in [-0.05, 0) is 87.3 Å². The van der Waals surface area contributed by atoms with Gasteiger partial charge in [0.05, 0.1) is 5.69 Å². The lowest BCUT2D eigenvalue weighted by Crippen LogP contribution is -2.67. The summed E-state index contributed by atoms with van der Waals surface area (Å²) in [6, 6.07) is 4.35. The molecule has 0 radical (unpaired) electrons. The molecule has 4 N–H and O–H groups in total. The molecule has 34 heavy (non-hydrogen) atoms. The molecule has 0 spiro atoms. The average molecular weight is 492 g/mol. The number of halogens is 1. The number of nitrogens with one attached hydrogen (secondary N) is 1. The van der Waals surface area contributed by atoms with Crippen LogP contribution < -0.4 is 15.4 Å². The normalized spacial score (nSPS) is 34.4. The van der Waals surface area contributed by atoms with E-state index < -0.39 is 28.0 Å². The second-order valence-electron chi connectivity index (χ2n) is 11.2. The molecular formula is C25H34FN3O4S. The van der Waals surface area contributed by atoms with Crippen molar-refractivity contribution in [2.75, 3.05) is 4.31 Å². The minimum absolute atomic E-state index is 0.0703. The van der Waals surface area contributed by atoms with Crippen molar-refractivity contribution in [3.63, 3.8) is 0 Å². The van der Waals surface area contributed by atoms with Crippen molar-refractivity contribution in [1.82, 2.24) is 5.32 Å². The molecule has 3 atom stereocenters. The van der Waals surface area contributed by atoms with Gasteiger partial charge in [0.2, 0.25) is 11.8 Å². The summed E-state index contributed by atoms with van der Waals surface area (Å²) in [5.74, 6) is -0.109. The number of carbonyl (C=O) groups excluding carboxylic acids is 2. The molecule has 186 valence electrons. The van der Waals surface area contributed by atoms with Crippen molar-refractivity contribution in [3.05, 3.63) is 29.6 Å². The van der Waals surface area contributed by atoms with Crippen molar-refractivity contribution in [3.8, 4) is 0 Å². The minimum atomic E-state index is -2.51. The fourth-order valence-corrected chi connectivity index (χ4v) is 8.56. The Morgan fingerprint density at radius 1 is 1.15 bits per heavy atom. The van der Waals surface area contributed by atoms with Gasteiger partial charge in [-0.25, -0.2) is 8.60 Å². The molecule has 5 saturated carbocycles.